The monoisotopic (exact) mass is 377 g/mol. The summed E-state index contributed by atoms with van der Waals surface area (Å²) in [6.07, 6.45) is -3.24. The van der Waals surface area contributed by atoms with Crippen molar-refractivity contribution in [1.29, 1.82) is 5.26 Å². The van der Waals surface area contributed by atoms with E-state index in [2.05, 4.69) is 10.1 Å². The highest BCUT2D eigenvalue weighted by molar-refractivity contribution is 7.17. The Balaban J connectivity index is 1.95. The van der Waals surface area contributed by atoms with E-state index in [9.17, 15) is 18.0 Å². The second kappa shape index (κ2) is 6.27. The molecule has 10 heteroatoms. The Kier molecular flexibility index (Phi) is 4.25. The van der Waals surface area contributed by atoms with Crippen molar-refractivity contribution < 1.29 is 18.0 Å². The summed E-state index contributed by atoms with van der Waals surface area (Å²) in [6, 6.07) is 6.33. The Morgan fingerprint density at radius 1 is 1.31 bits per heavy atom. The second-order valence-electron chi connectivity index (χ2n) is 5.28. The van der Waals surface area contributed by atoms with E-state index < -0.39 is 17.6 Å². The van der Waals surface area contributed by atoms with Crippen molar-refractivity contribution in [3.63, 3.8) is 0 Å². The third-order valence-corrected chi connectivity index (χ3v) is 4.76. The zero-order valence-corrected chi connectivity index (χ0v) is 14.0. The largest absolute Gasteiger partial charge is 0.416 e. The number of hydrogen-bond acceptors (Lipinski definition) is 6. The third kappa shape index (κ3) is 3.04. The number of thiazole rings is 1. The van der Waals surface area contributed by atoms with Crippen LogP contribution < -0.4 is 5.73 Å². The number of hydrogen-bond donors (Lipinski definition) is 1. The van der Waals surface area contributed by atoms with E-state index in [1.807, 2.05) is 6.07 Å². The molecule has 0 atom stereocenters. The molecule has 0 saturated heterocycles. The number of anilines is 1. The van der Waals surface area contributed by atoms with E-state index in [1.54, 1.807) is 6.92 Å². The Hall–Kier alpha value is -3.19. The Bertz CT molecular complexity index is 1030. The number of alkyl halides is 3. The van der Waals surface area contributed by atoms with Gasteiger partial charge in [0.2, 0.25) is 0 Å². The second-order valence-corrected chi connectivity index (χ2v) is 6.28. The molecule has 0 saturated carbocycles. The molecular weight excluding hydrogens is 367 g/mol. The summed E-state index contributed by atoms with van der Waals surface area (Å²) in [7, 11) is 0. The molecule has 1 aromatic carbocycles. The summed E-state index contributed by atoms with van der Waals surface area (Å²) in [5.41, 5.74) is 5.87. The summed E-state index contributed by atoms with van der Waals surface area (Å²) in [6.45, 7) is 1.60. The van der Waals surface area contributed by atoms with E-state index >= 15 is 0 Å². The number of nitrogen functional groups attached to an aromatic ring is 1. The van der Waals surface area contributed by atoms with Gasteiger partial charge in [-0.15, -0.1) is 11.3 Å². The van der Waals surface area contributed by atoms with Crippen LogP contribution in [0.15, 0.2) is 30.5 Å². The molecule has 0 bridgehead atoms. The number of carbonyl (C=O) groups excluding carboxylic acids is 1. The van der Waals surface area contributed by atoms with Crippen LogP contribution in [0.5, 0.6) is 0 Å². The van der Waals surface area contributed by atoms with Crippen LogP contribution in [0.3, 0.4) is 0 Å². The van der Waals surface area contributed by atoms with Gasteiger partial charge in [0.25, 0.3) is 5.91 Å². The van der Waals surface area contributed by atoms with Gasteiger partial charge >= 0.3 is 6.18 Å². The first kappa shape index (κ1) is 17.6. The van der Waals surface area contributed by atoms with E-state index in [0.717, 1.165) is 28.2 Å². The maximum Gasteiger partial charge on any atom is 0.416 e. The summed E-state index contributed by atoms with van der Waals surface area (Å²) >= 11 is 1.01. The predicted molar refractivity (Wildman–Crippen MR) is 88.4 cm³/mol. The molecule has 6 nitrogen and oxygen atoms in total. The predicted octanol–water partition coefficient (Wildman–Crippen LogP) is 3.48. The van der Waals surface area contributed by atoms with Crippen molar-refractivity contribution in [2.24, 2.45) is 0 Å². The summed E-state index contributed by atoms with van der Waals surface area (Å²) in [4.78, 5) is 17.1. The number of nitrogens with zero attached hydrogens (tertiary/aromatic N) is 4. The van der Waals surface area contributed by atoms with Crippen LogP contribution in [0.2, 0.25) is 0 Å². The highest BCUT2D eigenvalue weighted by Crippen LogP contribution is 2.33. The maximum atomic E-state index is 12.7. The van der Waals surface area contributed by atoms with E-state index in [-0.39, 0.29) is 16.3 Å². The number of carbonyl (C=O) groups is 1. The fraction of sp³-hybridized carbons (Fsp3) is 0.125. The highest BCUT2D eigenvalue weighted by Gasteiger charge is 2.30. The minimum Gasteiger partial charge on any atom is -0.382 e. The van der Waals surface area contributed by atoms with Gasteiger partial charge in [0.05, 0.1) is 17.5 Å². The number of aromatic nitrogens is 3. The zero-order chi connectivity index (χ0) is 19.1. The first-order valence-electron chi connectivity index (χ1n) is 7.15. The minimum absolute atomic E-state index is 0.0727. The Morgan fingerprint density at radius 3 is 2.50 bits per heavy atom. The molecule has 3 rings (SSSR count). The van der Waals surface area contributed by atoms with Gasteiger partial charge < -0.3 is 5.73 Å². The fourth-order valence-electron chi connectivity index (χ4n) is 2.22. The van der Waals surface area contributed by atoms with Crippen LogP contribution in [0.4, 0.5) is 19.0 Å². The molecule has 132 valence electrons. The Labute approximate surface area is 149 Å². The summed E-state index contributed by atoms with van der Waals surface area (Å²) in [5.74, 6) is -0.640. The number of nitriles is 1. The number of halogens is 3. The standard InChI is InChI=1S/C16H10F3N5OS/c1-8-12(15(25)24-13(21)10(6-20)7-22-24)26-14(23-8)9-2-4-11(5-3-9)16(17,18)19/h2-5,7H,21H2,1H3. The molecule has 0 unspecified atom stereocenters. The molecule has 2 heterocycles. The topological polar surface area (TPSA) is 97.6 Å². The van der Waals surface area contributed by atoms with Crippen LogP contribution in [0, 0.1) is 18.3 Å². The highest BCUT2D eigenvalue weighted by atomic mass is 32.1. The molecule has 0 radical (unpaired) electrons. The van der Waals surface area contributed by atoms with Crippen LogP contribution in [0.25, 0.3) is 10.6 Å². The van der Waals surface area contributed by atoms with Crippen molar-refractivity contribution in [3.8, 4) is 16.6 Å². The van der Waals surface area contributed by atoms with Crippen molar-refractivity contribution in [2.75, 3.05) is 5.73 Å². The van der Waals surface area contributed by atoms with Gasteiger partial charge in [-0.2, -0.15) is 28.2 Å². The number of nitrogens with two attached hydrogens (primary N) is 1. The van der Waals surface area contributed by atoms with Crippen molar-refractivity contribution in [3.05, 3.63) is 52.2 Å². The maximum absolute atomic E-state index is 12.7. The average Bonchev–Trinajstić information content (AvgIpc) is 3.16. The molecule has 0 aliphatic heterocycles. The average molecular weight is 377 g/mol. The minimum atomic E-state index is -4.42. The molecule has 0 spiro atoms. The molecule has 26 heavy (non-hydrogen) atoms. The van der Waals surface area contributed by atoms with Crippen LogP contribution in [-0.2, 0) is 6.18 Å². The van der Waals surface area contributed by atoms with E-state index in [1.165, 1.54) is 18.3 Å². The molecule has 2 aromatic heterocycles. The lowest BCUT2D eigenvalue weighted by molar-refractivity contribution is -0.137. The zero-order valence-electron chi connectivity index (χ0n) is 13.2. The SMILES string of the molecule is Cc1nc(-c2ccc(C(F)(F)F)cc2)sc1C(=O)n1ncc(C#N)c1N. The first-order chi connectivity index (χ1) is 12.2. The van der Waals surface area contributed by atoms with Gasteiger partial charge in [-0.25, -0.2) is 4.98 Å². The summed E-state index contributed by atoms with van der Waals surface area (Å²) in [5, 5.41) is 13.1. The van der Waals surface area contributed by atoms with E-state index in [0.29, 0.717) is 16.3 Å². The van der Waals surface area contributed by atoms with Gasteiger partial charge in [-0.1, -0.05) is 12.1 Å². The fourth-order valence-corrected chi connectivity index (χ4v) is 3.22. The molecule has 0 aliphatic carbocycles. The third-order valence-electron chi connectivity index (χ3n) is 3.57. The lowest BCUT2D eigenvalue weighted by Gasteiger charge is -2.06. The van der Waals surface area contributed by atoms with Crippen molar-refractivity contribution >= 4 is 23.1 Å². The number of benzene rings is 1. The van der Waals surface area contributed by atoms with Gasteiger partial charge in [0.15, 0.2) is 0 Å². The lowest BCUT2D eigenvalue weighted by atomic mass is 10.1. The van der Waals surface area contributed by atoms with Gasteiger partial charge in [0.1, 0.15) is 27.3 Å². The normalized spacial score (nSPS) is 11.3. The molecule has 0 amide bonds. The van der Waals surface area contributed by atoms with E-state index in [4.69, 9.17) is 11.0 Å². The number of rotatable bonds is 2. The molecular formula is C16H10F3N5OS. The lowest BCUT2D eigenvalue weighted by Crippen LogP contribution is -2.16. The first-order valence-corrected chi connectivity index (χ1v) is 7.97. The molecule has 2 N–H and O–H groups in total. The summed E-state index contributed by atoms with van der Waals surface area (Å²) < 4.78 is 38.9. The Morgan fingerprint density at radius 2 is 1.96 bits per heavy atom. The number of aryl methyl sites for hydroxylation is 1. The van der Waals surface area contributed by atoms with Gasteiger partial charge in [-0.3, -0.25) is 4.79 Å². The van der Waals surface area contributed by atoms with Crippen LogP contribution >= 0.6 is 11.3 Å². The molecule has 3 aromatic rings. The van der Waals surface area contributed by atoms with Crippen LogP contribution in [0.1, 0.15) is 26.5 Å². The smallest absolute Gasteiger partial charge is 0.382 e. The quantitative estimate of drug-likeness (QED) is 0.737. The van der Waals surface area contributed by atoms with Crippen molar-refractivity contribution in [1.82, 2.24) is 14.8 Å². The van der Waals surface area contributed by atoms with Gasteiger partial charge in [0, 0.05) is 5.56 Å². The van der Waals surface area contributed by atoms with Crippen molar-refractivity contribution in [2.45, 2.75) is 13.1 Å². The molecule has 0 aliphatic rings. The molecule has 0 fully saturated rings. The van der Waals surface area contributed by atoms with Crippen LogP contribution in [-0.4, -0.2) is 20.7 Å². The van der Waals surface area contributed by atoms with Gasteiger partial charge in [-0.05, 0) is 19.1 Å².